The molecule has 3 rings (SSSR count). The van der Waals surface area contributed by atoms with Gasteiger partial charge >= 0.3 is 0 Å². The van der Waals surface area contributed by atoms with Crippen molar-refractivity contribution in [2.45, 2.75) is 37.8 Å². The van der Waals surface area contributed by atoms with E-state index in [9.17, 15) is 13.2 Å². The van der Waals surface area contributed by atoms with Crippen LogP contribution in [0.15, 0.2) is 39.8 Å². The third kappa shape index (κ3) is 4.20. The molecule has 2 aromatic rings. The van der Waals surface area contributed by atoms with E-state index in [1.807, 2.05) is 30.3 Å². The highest BCUT2D eigenvalue weighted by atomic mass is 32.2. The van der Waals surface area contributed by atoms with Gasteiger partial charge in [0, 0.05) is 6.54 Å². The maximum atomic E-state index is 12.8. The van der Waals surface area contributed by atoms with Crippen molar-refractivity contribution in [3.63, 3.8) is 0 Å². The second-order valence-electron chi connectivity index (χ2n) is 6.55. The van der Waals surface area contributed by atoms with Gasteiger partial charge in [-0.15, -0.1) is 0 Å². The number of aromatic nitrogens is 1. The van der Waals surface area contributed by atoms with Crippen LogP contribution in [0.25, 0.3) is 0 Å². The van der Waals surface area contributed by atoms with Gasteiger partial charge in [0.15, 0.2) is 5.76 Å². The number of amides is 1. The van der Waals surface area contributed by atoms with Crippen molar-refractivity contribution in [2.75, 3.05) is 19.7 Å². The van der Waals surface area contributed by atoms with Crippen molar-refractivity contribution < 1.29 is 22.5 Å². The fraction of sp³-hybridized carbons (Fsp3) is 0.444. The number of rotatable bonds is 5. The van der Waals surface area contributed by atoms with E-state index in [4.69, 9.17) is 9.26 Å². The Morgan fingerprint density at radius 1 is 1.30 bits per heavy atom. The molecule has 1 amide bonds. The molecule has 0 radical (unpaired) electrons. The zero-order valence-electron chi connectivity index (χ0n) is 15.5. The minimum absolute atomic E-state index is 0.0220. The van der Waals surface area contributed by atoms with Gasteiger partial charge < -0.3 is 14.2 Å². The summed E-state index contributed by atoms with van der Waals surface area (Å²) in [6, 6.07) is 8.73. The Morgan fingerprint density at radius 2 is 2.00 bits per heavy atom. The second kappa shape index (κ2) is 7.79. The summed E-state index contributed by atoms with van der Waals surface area (Å²) in [5.41, 5.74) is 1.24. The van der Waals surface area contributed by atoms with Crippen molar-refractivity contribution in [1.29, 1.82) is 0 Å². The highest BCUT2D eigenvalue weighted by Gasteiger charge is 2.32. The SMILES string of the molecule is Cc1noc(C)c1S(=O)(=O)N[C@H](C)C(=O)N1CCOC(c2ccccc2)C1. The molecule has 1 aliphatic rings. The van der Waals surface area contributed by atoms with Crippen LogP contribution in [-0.4, -0.2) is 50.1 Å². The molecular weight excluding hydrogens is 370 g/mol. The van der Waals surface area contributed by atoms with E-state index in [0.29, 0.717) is 19.7 Å². The van der Waals surface area contributed by atoms with Gasteiger partial charge in [0.2, 0.25) is 15.9 Å². The molecule has 1 aliphatic heterocycles. The van der Waals surface area contributed by atoms with Gasteiger partial charge in [-0.3, -0.25) is 4.79 Å². The van der Waals surface area contributed by atoms with Crippen LogP contribution in [0.1, 0.15) is 30.0 Å². The summed E-state index contributed by atoms with van der Waals surface area (Å²) >= 11 is 0. The number of nitrogens with one attached hydrogen (secondary N) is 1. The van der Waals surface area contributed by atoms with Gasteiger partial charge in [0.25, 0.3) is 0 Å². The summed E-state index contributed by atoms with van der Waals surface area (Å²) in [6.07, 6.45) is -0.227. The molecule has 8 nitrogen and oxygen atoms in total. The normalized spacial score (nSPS) is 19.1. The first-order valence-corrected chi connectivity index (χ1v) is 10.2. The summed E-state index contributed by atoms with van der Waals surface area (Å²) < 4.78 is 38.3. The van der Waals surface area contributed by atoms with E-state index >= 15 is 0 Å². The number of hydrogen-bond acceptors (Lipinski definition) is 6. The number of morpholine rings is 1. The lowest BCUT2D eigenvalue weighted by molar-refractivity contribution is -0.140. The van der Waals surface area contributed by atoms with Crippen LogP contribution in [0.4, 0.5) is 0 Å². The van der Waals surface area contributed by atoms with E-state index < -0.39 is 16.1 Å². The van der Waals surface area contributed by atoms with Crippen LogP contribution in [0, 0.1) is 13.8 Å². The molecule has 1 aromatic carbocycles. The van der Waals surface area contributed by atoms with Crippen molar-refractivity contribution in [2.24, 2.45) is 0 Å². The number of hydrogen-bond donors (Lipinski definition) is 1. The quantitative estimate of drug-likeness (QED) is 0.827. The largest absolute Gasteiger partial charge is 0.370 e. The van der Waals surface area contributed by atoms with E-state index in [-0.39, 0.29) is 28.4 Å². The summed E-state index contributed by atoms with van der Waals surface area (Å²) in [5, 5.41) is 3.66. The van der Waals surface area contributed by atoms with Crippen LogP contribution in [0.2, 0.25) is 0 Å². The molecule has 2 atom stereocenters. The minimum Gasteiger partial charge on any atom is -0.370 e. The average molecular weight is 393 g/mol. The molecule has 9 heteroatoms. The lowest BCUT2D eigenvalue weighted by Crippen LogP contribution is -2.51. The Morgan fingerprint density at radius 3 is 2.63 bits per heavy atom. The maximum absolute atomic E-state index is 12.8. The Bertz CT molecular complexity index is 891. The van der Waals surface area contributed by atoms with Gasteiger partial charge in [-0.1, -0.05) is 35.5 Å². The molecule has 1 unspecified atom stereocenters. The van der Waals surface area contributed by atoms with Gasteiger partial charge in [-0.2, -0.15) is 4.72 Å². The monoisotopic (exact) mass is 393 g/mol. The van der Waals surface area contributed by atoms with E-state index in [0.717, 1.165) is 5.56 Å². The zero-order valence-corrected chi connectivity index (χ0v) is 16.3. The van der Waals surface area contributed by atoms with Crippen molar-refractivity contribution in [1.82, 2.24) is 14.8 Å². The number of benzene rings is 1. The van der Waals surface area contributed by atoms with Crippen molar-refractivity contribution in [3.8, 4) is 0 Å². The van der Waals surface area contributed by atoms with E-state index in [1.54, 1.807) is 11.8 Å². The van der Waals surface area contributed by atoms with Crippen LogP contribution < -0.4 is 4.72 Å². The molecule has 0 saturated carbocycles. The number of carbonyl (C=O) groups is 1. The van der Waals surface area contributed by atoms with Crippen molar-refractivity contribution >= 4 is 15.9 Å². The molecule has 1 N–H and O–H groups in total. The fourth-order valence-corrected chi connectivity index (χ4v) is 4.72. The Balaban J connectivity index is 1.70. The summed E-state index contributed by atoms with van der Waals surface area (Å²) in [6.45, 7) is 5.79. The average Bonchev–Trinajstić information content (AvgIpc) is 3.00. The Labute approximate surface area is 158 Å². The van der Waals surface area contributed by atoms with Crippen LogP contribution >= 0.6 is 0 Å². The zero-order chi connectivity index (χ0) is 19.6. The Kier molecular flexibility index (Phi) is 5.64. The molecule has 0 spiro atoms. The summed E-state index contributed by atoms with van der Waals surface area (Å²) in [4.78, 5) is 14.4. The van der Waals surface area contributed by atoms with Gasteiger partial charge in [-0.05, 0) is 26.3 Å². The first-order valence-electron chi connectivity index (χ1n) is 8.70. The predicted molar refractivity (Wildman–Crippen MR) is 97.5 cm³/mol. The topological polar surface area (TPSA) is 102 Å². The van der Waals surface area contributed by atoms with E-state index in [1.165, 1.54) is 13.8 Å². The lowest BCUT2D eigenvalue weighted by Gasteiger charge is -2.34. The number of carbonyl (C=O) groups excluding carboxylic acids is 1. The van der Waals surface area contributed by atoms with Gasteiger partial charge in [0.1, 0.15) is 16.7 Å². The first kappa shape index (κ1) is 19.5. The highest BCUT2D eigenvalue weighted by molar-refractivity contribution is 7.89. The molecule has 146 valence electrons. The second-order valence-corrected chi connectivity index (χ2v) is 8.20. The first-order chi connectivity index (χ1) is 12.8. The molecule has 1 fully saturated rings. The van der Waals surface area contributed by atoms with Crippen LogP contribution in [0.5, 0.6) is 0 Å². The standard InChI is InChI=1S/C18H23N3O5S/c1-12-17(14(3)26-19-12)27(23,24)20-13(2)18(22)21-9-10-25-16(11-21)15-7-5-4-6-8-15/h4-8,13,16,20H,9-11H2,1-3H3/t13-,16?/m1/s1. The number of nitrogens with zero attached hydrogens (tertiary/aromatic N) is 2. The molecule has 1 aromatic heterocycles. The molecule has 0 bridgehead atoms. The third-order valence-electron chi connectivity index (χ3n) is 4.49. The summed E-state index contributed by atoms with van der Waals surface area (Å²) in [5.74, 6) is -0.107. The fourth-order valence-electron chi connectivity index (χ4n) is 3.19. The van der Waals surface area contributed by atoms with Crippen molar-refractivity contribution in [3.05, 3.63) is 47.3 Å². The highest BCUT2D eigenvalue weighted by Crippen LogP contribution is 2.23. The summed E-state index contributed by atoms with van der Waals surface area (Å²) in [7, 11) is -3.91. The van der Waals surface area contributed by atoms with E-state index in [2.05, 4.69) is 9.88 Å². The van der Waals surface area contributed by atoms with Gasteiger partial charge in [-0.25, -0.2) is 8.42 Å². The van der Waals surface area contributed by atoms with Gasteiger partial charge in [0.05, 0.1) is 19.2 Å². The number of sulfonamides is 1. The van der Waals surface area contributed by atoms with Crippen LogP contribution in [0.3, 0.4) is 0 Å². The third-order valence-corrected chi connectivity index (χ3v) is 6.27. The minimum atomic E-state index is -3.91. The predicted octanol–water partition coefficient (Wildman–Crippen LogP) is 1.56. The molecule has 27 heavy (non-hydrogen) atoms. The smallest absolute Gasteiger partial charge is 0.246 e. The number of aryl methyl sites for hydroxylation is 2. The molecular formula is C18H23N3O5S. The lowest BCUT2D eigenvalue weighted by atomic mass is 10.1. The molecule has 2 heterocycles. The molecule has 1 saturated heterocycles. The number of ether oxygens (including phenoxy) is 1. The Hall–Kier alpha value is -2.23. The van der Waals surface area contributed by atoms with Crippen LogP contribution in [-0.2, 0) is 19.6 Å². The molecule has 0 aliphatic carbocycles. The maximum Gasteiger partial charge on any atom is 0.246 e.